The zero-order valence-electron chi connectivity index (χ0n) is 15.8. The highest BCUT2D eigenvalue weighted by molar-refractivity contribution is 5.82. The van der Waals surface area contributed by atoms with Crippen molar-refractivity contribution in [2.45, 2.75) is 69.6 Å². The number of ether oxygens (including phenoxy) is 1. The fraction of sp³-hybridized carbons (Fsp3) is 0.952. The number of aliphatic hydroxyl groups is 1. The van der Waals surface area contributed by atoms with Gasteiger partial charge in [-0.05, 0) is 81.0 Å². The Hall–Kier alpha value is -0.650. The van der Waals surface area contributed by atoms with Crippen molar-refractivity contribution < 1.29 is 14.6 Å². The van der Waals surface area contributed by atoms with Crippen molar-refractivity contribution in [3.8, 4) is 0 Å². The van der Waals surface area contributed by atoms with Gasteiger partial charge in [0.15, 0.2) is 0 Å². The molecule has 0 spiro atoms. The van der Waals surface area contributed by atoms with Gasteiger partial charge in [-0.25, -0.2) is 0 Å². The molecule has 26 heavy (non-hydrogen) atoms. The molecule has 4 saturated carbocycles. The van der Waals surface area contributed by atoms with Crippen molar-refractivity contribution >= 4 is 5.91 Å². The molecule has 4 bridgehead atoms. The Morgan fingerprint density at radius 1 is 1.00 bits per heavy atom. The van der Waals surface area contributed by atoms with Crippen molar-refractivity contribution in [1.29, 1.82) is 0 Å². The summed E-state index contributed by atoms with van der Waals surface area (Å²) in [6, 6.07) is 0.267. The highest BCUT2D eigenvalue weighted by Crippen LogP contribution is 2.53. The molecule has 0 unspecified atom stereocenters. The molecule has 1 amide bonds. The number of carbonyl (C=O) groups is 1. The Morgan fingerprint density at radius 2 is 1.65 bits per heavy atom. The van der Waals surface area contributed by atoms with Gasteiger partial charge in [0.25, 0.3) is 0 Å². The maximum absolute atomic E-state index is 13.1. The molecule has 6 fully saturated rings. The smallest absolute Gasteiger partial charge is 0.237 e. The van der Waals surface area contributed by atoms with Crippen molar-refractivity contribution in [3.05, 3.63) is 0 Å². The number of carbonyl (C=O) groups excluding carboxylic acids is 1. The molecular formula is C21H34N2O3. The fourth-order valence-electron chi connectivity index (χ4n) is 7.04. The Labute approximate surface area is 156 Å². The van der Waals surface area contributed by atoms with Gasteiger partial charge in [0.05, 0.1) is 12.1 Å². The second kappa shape index (κ2) is 7.06. The van der Waals surface area contributed by atoms with E-state index in [0.29, 0.717) is 36.8 Å². The minimum absolute atomic E-state index is 0.134. The number of β-amino-alcohol motifs (C(OH)–C–C–N with tert-alkyl or cyclic N) is 1. The van der Waals surface area contributed by atoms with E-state index in [9.17, 15) is 9.90 Å². The first-order valence-electron chi connectivity index (χ1n) is 11.0. The second-order valence-corrected chi connectivity index (χ2v) is 9.88. The maximum atomic E-state index is 13.1. The van der Waals surface area contributed by atoms with E-state index in [-0.39, 0.29) is 18.1 Å². The van der Waals surface area contributed by atoms with Crippen LogP contribution in [0.1, 0.15) is 51.4 Å². The van der Waals surface area contributed by atoms with Crippen molar-refractivity contribution in [3.63, 3.8) is 0 Å². The fourth-order valence-corrected chi connectivity index (χ4v) is 7.04. The van der Waals surface area contributed by atoms with Gasteiger partial charge in [-0.1, -0.05) is 0 Å². The highest BCUT2D eigenvalue weighted by Gasteiger charge is 2.49. The summed E-state index contributed by atoms with van der Waals surface area (Å²) in [6.45, 7) is 3.26. The van der Waals surface area contributed by atoms with Crippen LogP contribution in [0, 0.1) is 29.6 Å². The van der Waals surface area contributed by atoms with Gasteiger partial charge >= 0.3 is 0 Å². The molecule has 0 radical (unpaired) electrons. The molecule has 5 heteroatoms. The van der Waals surface area contributed by atoms with Gasteiger partial charge in [-0.2, -0.15) is 0 Å². The molecular weight excluding hydrogens is 328 g/mol. The first-order valence-corrected chi connectivity index (χ1v) is 11.0. The third-order valence-electron chi connectivity index (χ3n) is 8.05. The van der Waals surface area contributed by atoms with Crippen LogP contribution in [0.3, 0.4) is 0 Å². The summed E-state index contributed by atoms with van der Waals surface area (Å²) in [4.78, 5) is 15.4. The molecule has 6 rings (SSSR count). The number of likely N-dealkylation sites (tertiary alicyclic amines) is 1. The number of nitrogens with zero attached hydrogens (tertiary/aromatic N) is 1. The summed E-state index contributed by atoms with van der Waals surface area (Å²) >= 11 is 0. The predicted octanol–water partition coefficient (Wildman–Crippen LogP) is 1.79. The number of rotatable bonds is 4. The third kappa shape index (κ3) is 3.31. The summed E-state index contributed by atoms with van der Waals surface area (Å²) in [7, 11) is 0. The van der Waals surface area contributed by atoms with E-state index in [1.54, 1.807) is 0 Å². The standard InChI is InChI=1S/C21H34N2O3/c24-18-10-19(23(12-18)11-13-1-3-26-4-2-13)21(25)22-20-16-6-14-5-15(8-16)9-17(20)7-14/h13-20,24H,1-12H2,(H,22,25)/t14?,15?,16?,17?,18-,19-,20?/m1/s1. The van der Waals surface area contributed by atoms with E-state index in [4.69, 9.17) is 4.74 Å². The van der Waals surface area contributed by atoms with Gasteiger partial charge in [-0.15, -0.1) is 0 Å². The third-order valence-corrected chi connectivity index (χ3v) is 8.05. The number of hydrogen-bond acceptors (Lipinski definition) is 4. The zero-order chi connectivity index (χ0) is 17.7. The highest BCUT2D eigenvalue weighted by atomic mass is 16.5. The van der Waals surface area contributed by atoms with Crippen molar-refractivity contribution in [2.75, 3.05) is 26.3 Å². The van der Waals surface area contributed by atoms with Crippen LogP contribution in [-0.4, -0.2) is 60.4 Å². The lowest BCUT2D eigenvalue weighted by molar-refractivity contribution is -0.129. The zero-order valence-corrected chi connectivity index (χ0v) is 15.8. The van der Waals surface area contributed by atoms with E-state index in [1.807, 2.05) is 0 Å². The Bertz CT molecular complexity index is 505. The van der Waals surface area contributed by atoms with Crippen LogP contribution >= 0.6 is 0 Å². The first kappa shape index (κ1) is 17.4. The summed E-state index contributed by atoms with van der Waals surface area (Å²) in [6.07, 6.45) is 9.17. The van der Waals surface area contributed by atoms with Gasteiger partial charge < -0.3 is 15.2 Å². The maximum Gasteiger partial charge on any atom is 0.237 e. The van der Waals surface area contributed by atoms with E-state index in [1.165, 1.54) is 32.1 Å². The quantitative estimate of drug-likeness (QED) is 0.800. The predicted molar refractivity (Wildman–Crippen MR) is 98.5 cm³/mol. The molecule has 0 aromatic rings. The number of aliphatic hydroxyl groups excluding tert-OH is 1. The molecule has 5 nitrogen and oxygen atoms in total. The van der Waals surface area contributed by atoms with Crippen LogP contribution in [0.25, 0.3) is 0 Å². The molecule has 2 heterocycles. The summed E-state index contributed by atoms with van der Waals surface area (Å²) < 4.78 is 5.47. The van der Waals surface area contributed by atoms with Crippen LogP contribution in [0.4, 0.5) is 0 Å². The number of nitrogens with one attached hydrogen (secondary N) is 1. The normalized spacial score (nSPS) is 46.0. The molecule has 2 aliphatic heterocycles. The Morgan fingerprint density at radius 3 is 2.31 bits per heavy atom. The van der Waals surface area contributed by atoms with E-state index < -0.39 is 0 Å². The van der Waals surface area contributed by atoms with Crippen LogP contribution in [0.2, 0.25) is 0 Å². The largest absolute Gasteiger partial charge is 0.392 e. The van der Waals surface area contributed by atoms with Gasteiger partial charge in [0.2, 0.25) is 5.91 Å². The van der Waals surface area contributed by atoms with Crippen LogP contribution in [0.5, 0.6) is 0 Å². The van der Waals surface area contributed by atoms with E-state index in [0.717, 1.165) is 44.4 Å². The minimum atomic E-state index is -0.357. The van der Waals surface area contributed by atoms with Gasteiger partial charge in [0, 0.05) is 32.3 Å². The first-order chi connectivity index (χ1) is 12.7. The topological polar surface area (TPSA) is 61.8 Å². The molecule has 0 aromatic heterocycles. The average molecular weight is 363 g/mol. The molecule has 146 valence electrons. The van der Waals surface area contributed by atoms with E-state index in [2.05, 4.69) is 10.2 Å². The molecule has 2 N–H and O–H groups in total. The average Bonchev–Trinajstić information content (AvgIpc) is 2.98. The number of amides is 1. The summed E-state index contributed by atoms with van der Waals surface area (Å²) in [5.41, 5.74) is 0. The molecule has 4 aliphatic carbocycles. The van der Waals surface area contributed by atoms with Crippen LogP contribution < -0.4 is 5.32 Å². The van der Waals surface area contributed by atoms with Gasteiger partial charge in [-0.3, -0.25) is 9.69 Å². The summed E-state index contributed by atoms with van der Waals surface area (Å²) in [5, 5.41) is 13.7. The summed E-state index contributed by atoms with van der Waals surface area (Å²) in [5.74, 6) is 4.08. The van der Waals surface area contributed by atoms with Crippen molar-refractivity contribution in [1.82, 2.24) is 10.2 Å². The second-order valence-electron chi connectivity index (χ2n) is 9.88. The Kier molecular flexibility index (Phi) is 4.74. The van der Waals surface area contributed by atoms with E-state index >= 15 is 0 Å². The monoisotopic (exact) mass is 362 g/mol. The molecule has 0 aromatic carbocycles. The lowest BCUT2D eigenvalue weighted by Crippen LogP contribution is -2.58. The van der Waals surface area contributed by atoms with Gasteiger partial charge in [0.1, 0.15) is 0 Å². The Balaban J connectivity index is 1.22. The van der Waals surface area contributed by atoms with Crippen LogP contribution in [-0.2, 0) is 9.53 Å². The van der Waals surface area contributed by atoms with Crippen LogP contribution in [0.15, 0.2) is 0 Å². The molecule has 2 atom stereocenters. The number of hydrogen-bond donors (Lipinski definition) is 2. The lowest BCUT2D eigenvalue weighted by atomic mass is 9.54. The van der Waals surface area contributed by atoms with Crippen molar-refractivity contribution in [2.24, 2.45) is 29.6 Å². The SMILES string of the molecule is O=C(NC1C2CC3CC(C2)CC1C3)[C@H]1C[C@@H](O)CN1CC1CCOCC1. The molecule has 2 saturated heterocycles. The lowest BCUT2D eigenvalue weighted by Gasteiger charge is -2.54. The minimum Gasteiger partial charge on any atom is -0.392 e. The molecule has 6 aliphatic rings.